The molecule has 0 bridgehead atoms. The standard InChI is InChI=1S/C12H14N4O3S2/c1-7(2)10-11(20-16-15-10)12(17)14-8-4-3-5-9(6-8)21(13,18)19/h3-7H,1-2H3,(H,14,17)(H2,13,18,19). The molecule has 9 heteroatoms. The average Bonchev–Trinajstić information content (AvgIpc) is 2.87. The number of amides is 1. The summed E-state index contributed by atoms with van der Waals surface area (Å²) in [6.07, 6.45) is 0. The highest BCUT2D eigenvalue weighted by Gasteiger charge is 2.19. The predicted molar refractivity (Wildman–Crippen MR) is 79.8 cm³/mol. The number of anilines is 1. The van der Waals surface area contributed by atoms with Gasteiger partial charge in [-0.3, -0.25) is 4.79 Å². The third-order valence-corrected chi connectivity index (χ3v) is 4.34. The van der Waals surface area contributed by atoms with Crippen molar-refractivity contribution in [2.24, 2.45) is 5.14 Å². The van der Waals surface area contributed by atoms with Crippen molar-refractivity contribution < 1.29 is 13.2 Å². The Bertz CT molecular complexity index is 768. The first-order valence-corrected chi connectivity index (χ1v) is 8.37. The first-order chi connectivity index (χ1) is 9.79. The monoisotopic (exact) mass is 326 g/mol. The highest BCUT2D eigenvalue weighted by Crippen LogP contribution is 2.21. The number of primary sulfonamides is 1. The molecule has 0 aliphatic carbocycles. The zero-order valence-electron chi connectivity index (χ0n) is 11.4. The molecule has 0 aliphatic heterocycles. The van der Waals surface area contributed by atoms with Crippen LogP contribution in [0.25, 0.3) is 0 Å². The Balaban J connectivity index is 2.26. The van der Waals surface area contributed by atoms with E-state index in [4.69, 9.17) is 5.14 Å². The molecular formula is C12H14N4O3S2. The lowest BCUT2D eigenvalue weighted by Crippen LogP contribution is -2.15. The number of sulfonamides is 1. The van der Waals surface area contributed by atoms with Gasteiger partial charge in [0, 0.05) is 5.69 Å². The second-order valence-corrected chi connectivity index (χ2v) is 6.98. The van der Waals surface area contributed by atoms with Crippen LogP contribution in [-0.2, 0) is 10.0 Å². The Morgan fingerprint density at radius 3 is 2.71 bits per heavy atom. The molecule has 2 aromatic rings. The Labute approximate surface area is 126 Å². The van der Waals surface area contributed by atoms with Gasteiger partial charge in [-0.1, -0.05) is 24.4 Å². The number of nitrogens with two attached hydrogens (primary N) is 1. The van der Waals surface area contributed by atoms with E-state index in [0.29, 0.717) is 16.3 Å². The molecule has 0 fully saturated rings. The molecule has 1 aromatic heterocycles. The number of carbonyl (C=O) groups is 1. The van der Waals surface area contributed by atoms with Crippen molar-refractivity contribution in [3.8, 4) is 0 Å². The summed E-state index contributed by atoms with van der Waals surface area (Å²) < 4.78 is 26.4. The van der Waals surface area contributed by atoms with Gasteiger partial charge in [0.25, 0.3) is 5.91 Å². The lowest BCUT2D eigenvalue weighted by molar-refractivity contribution is 0.102. The van der Waals surface area contributed by atoms with Gasteiger partial charge in [-0.05, 0) is 35.6 Å². The average molecular weight is 326 g/mol. The van der Waals surface area contributed by atoms with E-state index >= 15 is 0 Å². The van der Waals surface area contributed by atoms with Gasteiger partial charge < -0.3 is 5.32 Å². The fourth-order valence-electron chi connectivity index (χ4n) is 1.67. The number of benzene rings is 1. The maximum Gasteiger partial charge on any atom is 0.269 e. The fourth-order valence-corrected chi connectivity index (χ4v) is 2.95. The maximum atomic E-state index is 12.2. The molecule has 0 saturated heterocycles. The van der Waals surface area contributed by atoms with Crippen LogP contribution in [0.2, 0.25) is 0 Å². The van der Waals surface area contributed by atoms with Crippen molar-refractivity contribution in [2.45, 2.75) is 24.7 Å². The van der Waals surface area contributed by atoms with Crippen molar-refractivity contribution in [3.63, 3.8) is 0 Å². The predicted octanol–water partition coefficient (Wildman–Crippen LogP) is 1.56. The number of hydrogen-bond acceptors (Lipinski definition) is 6. The minimum atomic E-state index is -3.81. The van der Waals surface area contributed by atoms with Crippen molar-refractivity contribution >= 4 is 33.2 Å². The summed E-state index contributed by atoms with van der Waals surface area (Å²) in [4.78, 5) is 12.5. The highest BCUT2D eigenvalue weighted by molar-refractivity contribution is 7.89. The molecule has 2 rings (SSSR count). The largest absolute Gasteiger partial charge is 0.321 e. The van der Waals surface area contributed by atoms with Gasteiger partial charge in [-0.2, -0.15) is 0 Å². The quantitative estimate of drug-likeness (QED) is 0.884. The summed E-state index contributed by atoms with van der Waals surface area (Å²) in [6, 6.07) is 5.75. The van der Waals surface area contributed by atoms with Crippen LogP contribution in [0.5, 0.6) is 0 Å². The normalized spacial score (nSPS) is 11.6. The van der Waals surface area contributed by atoms with Crippen molar-refractivity contribution in [3.05, 3.63) is 34.8 Å². The Hall–Kier alpha value is -1.84. The van der Waals surface area contributed by atoms with Gasteiger partial charge in [-0.15, -0.1) is 5.10 Å². The topological polar surface area (TPSA) is 115 Å². The van der Waals surface area contributed by atoms with E-state index in [1.165, 1.54) is 18.2 Å². The molecule has 0 spiro atoms. The first-order valence-electron chi connectivity index (χ1n) is 6.05. The number of aromatic nitrogens is 2. The summed E-state index contributed by atoms with van der Waals surface area (Å²) in [6.45, 7) is 3.82. The Kier molecular flexibility index (Phi) is 4.35. The molecule has 1 aromatic carbocycles. The van der Waals surface area contributed by atoms with E-state index in [1.54, 1.807) is 6.07 Å². The van der Waals surface area contributed by atoms with Crippen LogP contribution in [0.4, 0.5) is 5.69 Å². The Morgan fingerprint density at radius 2 is 2.10 bits per heavy atom. The van der Waals surface area contributed by atoms with Crippen LogP contribution in [-0.4, -0.2) is 23.9 Å². The second kappa shape index (κ2) is 5.88. The third kappa shape index (κ3) is 3.63. The summed E-state index contributed by atoms with van der Waals surface area (Å²) >= 11 is 0.999. The molecule has 0 aliphatic rings. The van der Waals surface area contributed by atoms with E-state index in [2.05, 4.69) is 14.9 Å². The van der Waals surface area contributed by atoms with E-state index < -0.39 is 10.0 Å². The molecule has 0 atom stereocenters. The van der Waals surface area contributed by atoms with Crippen LogP contribution in [0, 0.1) is 0 Å². The molecular weight excluding hydrogens is 312 g/mol. The summed E-state index contributed by atoms with van der Waals surface area (Å²) in [5.74, 6) is -0.305. The van der Waals surface area contributed by atoms with Crippen molar-refractivity contribution in [1.29, 1.82) is 0 Å². The minimum Gasteiger partial charge on any atom is -0.321 e. The fraction of sp³-hybridized carbons (Fsp3) is 0.250. The van der Waals surface area contributed by atoms with Crippen LogP contribution < -0.4 is 10.5 Å². The molecule has 1 heterocycles. The lowest BCUT2D eigenvalue weighted by atomic mass is 10.1. The number of nitrogens with zero attached hydrogens (tertiary/aromatic N) is 2. The van der Waals surface area contributed by atoms with Gasteiger partial charge in [0.1, 0.15) is 4.88 Å². The molecule has 3 N–H and O–H groups in total. The van der Waals surface area contributed by atoms with Gasteiger partial charge in [-0.25, -0.2) is 13.6 Å². The van der Waals surface area contributed by atoms with E-state index in [1.807, 2.05) is 13.8 Å². The number of nitrogens with one attached hydrogen (secondary N) is 1. The number of hydrogen-bond donors (Lipinski definition) is 2. The van der Waals surface area contributed by atoms with Gasteiger partial charge in [0.2, 0.25) is 10.0 Å². The van der Waals surface area contributed by atoms with Crippen molar-refractivity contribution in [2.75, 3.05) is 5.32 Å². The molecule has 0 saturated carbocycles. The third-order valence-electron chi connectivity index (χ3n) is 2.69. The number of rotatable bonds is 4. The van der Waals surface area contributed by atoms with Gasteiger partial charge >= 0.3 is 0 Å². The lowest BCUT2D eigenvalue weighted by Gasteiger charge is -2.07. The summed E-state index contributed by atoms with van der Waals surface area (Å²) in [7, 11) is -3.81. The van der Waals surface area contributed by atoms with Gasteiger partial charge in [0.15, 0.2) is 0 Å². The van der Waals surface area contributed by atoms with Crippen molar-refractivity contribution in [1.82, 2.24) is 9.59 Å². The van der Waals surface area contributed by atoms with Crippen LogP contribution in [0.1, 0.15) is 35.1 Å². The first kappa shape index (κ1) is 15.5. The van der Waals surface area contributed by atoms with E-state index in [9.17, 15) is 13.2 Å². The summed E-state index contributed by atoms with van der Waals surface area (Å²) in [5, 5.41) is 11.6. The molecule has 0 radical (unpaired) electrons. The molecule has 112 valence electrons. The van der Waals surface area contributed by atoms with Crippen LogP contribution in [0.3, 0.4) is 0 Å². The molecule has 0 unspecified atom stereocenters. The zero-order valence-corrected chi connectivity index (χ0v) is 13.0. The number of carbonyl (C=O) groups excluding carboxylic acids is 1. The smallest absolute Gasteiger partial charge is 0.269 e. The highest BCUT2D eigenvalue weighted by atomic mass is 32.2. The van der Waals surface area contributed by atoms with Crippen LogP contribution in [0.15, 0.2) is 29.2 Å². The summed E-state index contributed by atoms with van der Waals surface area (Å²) in [5.41, 5.74) is 0.953. The SMILES string of the molecule is CC(C)c1nnsc1C(=O)Nc1cccc(S(N)(=O)=O)c1. The van der Waals surface area contributed by atoms with Gasteiger partial charge in [0.05, 0.1) is 10.6 Å². The molecule has 1 amide bonds. The second-order valence-electron chi connectivity index (χ2n) is 4.67. The van der Waals surface area contributed by atoms with E-state index in [-0.39, 0.29) is 16.7 Å². The molecule has 21 heavy (non-hydrogen) atoms. The Morgan fingerprint density at radius 1 is 1.38 bits per heavy atom. The van der Waals surface area contributed by atoms with E-state index in [0.717, 1.165) is 11.5 Å². The molecule has 7 nitrogen and oxygen atoms in total. The minimum absolute atomic E-state index is 0.0631. The van der Waals surface area contributed by atoms with Crippen LogP contribution >= 0.6 is 11.5 Å². The zero-order chi connectivity index (χ0) is 15.6. The maximum absolute atomic E-state index is 12.2.